The minimum absolute atomic E-state index is 0.0161. The summed E-state index contributed by atoms with van der Waals surface area (Å²) in [6.07, 6.45) is 8.44. The number of aldehydes is 2. The molecule has 7 atom stereocenters. The van der Waals surface area contributed by atoms with Crippen LogP contribution in [0.3, 0.4) is 0 Å². The Morgan fingerprint density at radius 3 is 2.59 bits per heavy atom. The molecule has 0 aliphatic heterocycles. The Kier molecular flexibility index (Phi) is 4.73. The number of aromatic nitrogens is 1. The van der Waals surface area contributed by atoms with Crippen LogP contribution in [0.15, 0.2) is 12.1 Å². The summed E-state index contributed by atoms with van der Waals surface area (Å²) in [6.45, 7) is 6.79. The second-order valence-corrected chi connectivity index (χ2v) is 10.2. The van der Waals surface area contributed by atoms with Gasteiger partial charge in [0.05, 0.1) is 5.69 Å². The SMILES string of the molecule is C[C@H]1CC[C@](C)([C@H]2CC[C@]3(C)c4nc(Cl)ccc4C[C@H]3[C@@H]2C=O)[C@@H](C=O)C1. The number of pyridine rings is 1. The van der Waals surface area contributed by atoms with Crippen LogP contribution in [0.4, 0.5) is 0 Å². The highest BCUT2D eigenvalue weighted by Gasteiger charge is 2.57. The number of nitrogens with zero attached hydrogens (tertiary/aromatic N) is 1. The summed E-state index contributed by atoms with van der Waals surface area (Å²) in [5, 5.41) is 0.537. The van der Waals surface area contributed by atoms with Crippen molar-refractivity contribution in [3.05, 3.63) is 28.5 Å². The van der Waals surface area contributed by atoms with E-state index in [1.165, 1.54) is 18.1 Å². The van der Waals surface area contributed by atoms with E-state index in [0.29, 0.717) is 11.1 Å². The molecule has 0 radical (unpaired) electrons. The van der Waals surface area contributed by atoms with E-state index >= 15 is 0 Å². The van der Waals surface area contributed by atoms with Crippen LogP contribution in [-0.4, -0.2) is 17.6 Å². The second-order valence-electron chi connectivity index (χ2n) is 9.86. The molecule has 0 N–H and O–H groups in total. The summed E-state index contributed by atoms with van der Waals surface area (Å²) >= 11 is 6.19. The van der Waals surface area contributed by atoms with Crippen LogP contribution in [-0.2, 0) is 21.4 Å². The van der Waals surface area contributed by atoms with Crippen molar-refractivity contribution in [3.8, 4) is 0 Å². The zero-order valence-corrected chi connectivity index (χ0v) is 17.3. The highest BCUT2D eigenvalue weighted by Crippen LogP contribution is 2.60. The first-order chi connectivity index (χ1) is 12.8. The first-order valence-electron chi connectivity index (χ1n) is 10.4. The Balaban J connectivity index is 1.70. The molecule has 0 bridgehead atoms. The average molecular weight is 388 g/mol. The van der Waals surface area contributed by atoms with E-state index in [-0.39, 0.29) is 34.5 Å². The van der Waals surface area contributed by atoms with Gasteiger partial charge >= 0.3 is 0 Å². The molecule has 3 nitrogen and oxygen atoms in total. The van der Waals surface area contributed by atoms with Crippen molar-refractivity contribution in [2.75, 3.05) is 0 Å². The van der Waals surface area contributed by atoms with Crippen LogP contribution in [0.5, 0.6) is 0 Å². The molecule has 0 spiro atoms. The van der Waals surface area contributed by atoms with Gasteiger partial charge in [-0.3, -0.25) is 0 Å². The van der Waals surface area contributed by atoms with Crippen molar-refractivity contribution < 1.29 is 9.59 Å². The third-order valence-electron chi connectivity index (χ3n) is 8.50. The lowest BCUT2D eigenvalue weighted by atomic mass is 9.49. The maximum atomic E-state index is 12.4. The molecule has 0 amide bonds. The Morgan fingerprint density at radius 1 is 1.11 bits per heavy atom. The van der Waals surface area contributed by atoms with E-state index in [0.717, 1.165) is 44.2 Å². The maximum absolute atomic E-state index is 12.4. The van der Waals surface area contributed by atoms with Gasteiger partial charge in [0.2, 0.25) is 0 Å². The highest BCUT2D eigenvalue weighted by atomic mass is 35.5. The summed E-state index contributed by atoms with van der Waals surface area (Å²) < 4.78 is 0. The van der Waals surface area contributed by atoms with Crippen LogP contribution in [0.1, 0.15) is 64.1 Å². The molecule has 2 fully saturated rings. The number of carbonyl (C=O) groups excluding carboxylic acids is 2. The van der Waals surface area contributed by atoms with Gasteiger partial charge in [-0.05, 0) is 66.9 Å². The molecule has 0 saturated heterocycles. The van der Waals surface area contributed by atoms with Gasteiger partial charge in [-0.15, -0.1) is 0 Å². The quantitative estimate of drug-likeness (QED) is 0.539. The van der Waals surface area contributed by atoms with Gasteiger partial charge in [0.15, 0.2) is 0 Å². The number of rotatable bonds is 3. The molecule has 27 heavy (non-hydrogen) atoms. The molecular weight excluding hydrogens is 358 g/mol. The molecule has 3 aliphatic carbocycles. The summed E-state index contributed by atoms with van der Waals surface area (Å²) in [4.78, 5) is 29.0. The van der Waals surface area contributed by atoms with Crippen LogP contribution in [0.2, 0.25) is 5.15 Å². The zero-order valence-electron chi connectivity index (χ0n) is 16.6. The molecule has 1 aromatic heterocycles. The van der Waals surface area contributed by atoms with Crippen molar-refractivity contribution in [3.63, 3.8) is 0 Å². The number of hydrogen-bond donors (Lipinski definition) is 0. The average Bonchev–Trinajstić information content (AvgIpc) is 2.95. The first-order valence-corrected chi connectivity index (χ1v) is 10.8. The minimum Gasteiger partial charge on any atom is -0.303 e. The van der Waals surface area contributed by atoms with Gasteiger partial charge in [0.1, 0.15) is 17.7 Å². The van der Waals surface area contributed by atoms with Crippen LogP contribution < -0.4 is 0 Å². The van der Waals surface area contributed by atoms with E-state index in [1.807, 2.05) is 6.07 Å². The number of hydrogen-bond acceptors (Lipinski definition) is 3. The smallest absolute Gasteiger partial charge is 0.129 e. The summed E-state index contributed by atoms with van der Waals surface area (Å²) in [5.74, 6) is 1.18. The standard InChI is InChI=1S/C23H30ClNO2/c1-14-6-8-22(2,16(10-14)12-26)18-7-9-23(3)19(17(18)13-27)11-15-4-5-20(24)25-21(15)23/h4-5,12-14,16-19H,6-11H2,1-3H3/t14-,16+,17+,18-,19-,22-,23-/m0/s1. The third-order valence-corrected chi connectivity index (χ3v) is 8.71. The summed E-state index contributed by atoms with van der Waals surface area (Å²) in [5.41, 5.74) is 2.19. The molecule has 1 aromatic rings. The fraction of sp³-hybridized carbons (Fsp3) is 0.696. The lowest BCUT2D eigenvalue weighted by Crippen LogP contribution is -2.51. The van der Waals surface area contributed by atoms with Crippen LogP contribution in [0.25, 0.3) is 0 Å². The van der Waals surface area contributed by atoms with E-state index in [2.05, 4.69) is 31.8 Å². The Labute approximate surface area is 167 Å². The van der Waals surface area contributed by atoms with Crippen LogP contribution >= 0.6 is 11.6 Å². The molecule has 0 aromatic carbocycles. The summed E-state index contributed by atoms with van der Waals surface area (Å²) in [7, 11) is 0. The fourth-order valence-corrected chi connectivity index (χ4v) is 6.90. The van der Waals surface area contributed by atoms with E-state index in [4.69, 9.17) is 11.6 Å². The van der Waals surface area contributed by atoms with Crippen molar-refractivity contribution in [1.82, 2.24) is 4.98 Å². The minimum atomic E-state index is -0.0860. The van der Waals surface area contributed by atoms with Gasteiger partial charge in [0.25, 0.3) is 0 Å². The molecule has 1 heterocycles. The van der Waals surface area contributed by atoms with E-state index < -0.39 is 0 Å². The number of fused-ring (bicyclic) bond motifs is 3. The van der Waals surface area contributed by atoms with Crippen molar-refractivity contribution in [1.29, 1.82) is 0 Å². The summed E-state index contributed by atoms with van der Waals surface area (Å²) in [6, 6.07) is 3.95. The Hall–Kier alpha value is -1.22. The zero-order chi connectivity index (χ0) is 19.4. The molecule has 4 heteroatoms. The third kappa shape index (κ3) is 2.80. The molecule has 4 rings (SSSR count). The normalized spacial score (nSPS) is 43.6. The van der Waals surface area contributed by atoms with Crippen LogP contribution in [0, 0.1) is 35.0 Å². The van der Waals surface area contributed by atoms with Gasteiger partial charge in [-0.2, -0.15) is 0 Å². The molecule has 146 valence electrons. The Morgan fingerprint density at radius 2 is 1.89 bits per heavy atom. The predicted octanol–water partition coefficient (Wildman–Crippen LogP) is 5.03. The maximum Gasteiger partial charge on any atom is 0.129 e. The molecule has 3 aliphatic rings. The highest BCUT2D eigenvalue weighted by molar-refractivity contribution is 6.29. The Bertz CT molecular complexity index is 765. The lowest BCUT2D eigenvalue weighted by Gasteiger charge is -2.54. The van der Waals surface area contributed by atoms with Crippen molar-refractivity contribution >= 4 is 24.2 Å². The van der Waals surface area contributed by atoms with Gasteiger partial charge in [-0.25, -0.2) is 4.98 Å². The van der Waals surface area contributed by atoms with E-state index in [1.54, 1.807) is 0 Å². The van der Waals surface area contributed by atoms with Gasteiger partial charge in [0, 0.05) is 17.3 Å². The molecule has 2 saturated carbocycles. The van der Waals surface area contributed by atoms with Crippen molar-refractivity contribution in [2.45, 2.75) is 64.7 Å². The number of halogens is 1. The fourth-order valence-electron chi connectivity index (χ4n) is 6.75. The first kappa shape index (κ1) is 19.1. The van der Waals surface area contributed by atoms with E-state index in [9.17, 15) is 9.59 Å². The number of carbonyl (C=O) groups is 2. The van der Waals surface area contributed by atoms with Crippen molar-refractivity contribution in [2.24, 2.45) is 35.0 Å². The molecule has 0 unspecified atom stereocenters. The topological polar surface area (TPSA) is 47.0 Å². The second kappa shape index (κ2) is 6.69. The lowest BCUT2D eigenvalue weighted by molar-refractivity contribution is -0.132. The largest absolute Gasteiger partial charge is 0.303 e. The van der Waals surface area contributed by atoms with Gasteiger partial charge < -0.3 is 9.59 Å². The molecular formula is C23H30ClNO2. The van der Waals surface area contributed by atoms with Gasteiger partial charge in [-0.1, -0.05) is 44.9 Å². The predicted molar refractivity (Wildman–Crippen MR) is 107 cm³/mol. The monoisotopic (exact) mass is 387 g/mol.